The van der Waals surface area contributed by atoms with Crippen LogP contribution in [0, 0.1) is 19.8 Å². The number of hydrogen-bond acceptors (Lipinski definition) is 3. The Morgan fingerprint density at radius 1 is 1.08 bits per heavy atom. The molecule has 1 aromatic rings. The van der Waals surface area contributed by atoms with E-state index in [2.05, 4.69) is 0 Å². The van der Waals surface area contributed by atoms with Gasteiger partial charge >= 0.3 is 0 Å². The molecular weight excluding hydrogens is 328 g/mol. The molecule has 140 valence electrons. The predicted octanol–water partition coefficient (Wildman–Crippen LogP) is 2.68. The van der Waals surface area contributed by atoms with Crippen LogP contribution >= 0.6 is 0 Å². The second-order valence-corrected chi connectivity index (χ2v) is 8.09. The molecule has 3 aliphatic rings. The van der Waals surface area contributed by atoms with Crippen molar-refractivity contribution in [3.63, 3.8) is 0 Å². The first-order valence-corrected chi connectivity index (χ1v) is 9.84. The van der Waals surface area contributed by atoms with Crippen LogP contribution in [0.15, 0.2) is 18.2 Å². The SMILES string of the molecule is Cc1cccc(C)c1OC1CN(C(=O)[C@@H]2CC(=O)N(C3CCCC3)C2)C1. The number of nitrogens with zero attached hydrogens (tertiary/aromatic N) is 2. The Kier molecular flexibility index (Phi) is 4.63. The predicted molar refractivity (Wildman–Crippen MR) is 99.0 cm³/mol. The number of ether oxygens (including phenoxy) is 1. The second kappa shape index (κ2) is 6.93. The van der Waals surface area contributed by atoms with Gasteiger partial charge in [0.25, 0.3) is 0 Å². The molecule has 0 N–H and O–H groups in total. The minimum absolute atomic E-state index is 0.0572. The van der Waals surface area contributed by atoms with Crippen LogP contribution in [-0.4, -0.2) is 53.4 Å². The molecule has 5 nitrogen and oxygen atoms in total. The number of benzene rings is 1. The van der Waals surface area contributed by atoms with E-state index in [9.17, 15) is 9.59 Å². The average molecular weight is 356 g/mol. The van der Waals surface area contributed by atoms with Crippen molar-refractivity contribution in [2.75, 3.05) is 19.6 Å². The molecule has 0 aromatic heterocycles. The van der Waals surface area contributed by atoms with Crippen LogP contribution in [0.4, 0.5) is 0 Å². The van der Waals surface area contributed by atoms with Crippen LogP contribution < -0.4 is 4.74 Å². The van der Waals surface area contributed by atoms with Crippen LogP contribution in [0.25, 0.3) is 0 Å². The monoisotopic (exact) mass is 356 g/mol. The van der Waals surface area contributed by atoms with Gasteiger partial charge in [0.15, 0.2) is 0 Å². The van der Waals surface area contributed by atoms with Crippen molar-refractivity contribution >= 4 is 11.8 Å². The summed E-state index contributed by atoms with van der Waals surface area (Å²) in [4.78, 5) is 28.9. The number of carbonyl (C=O) groups is 2. The summed E-state index contributed by atoms with van der Waals surface area (Å²) in [6, 6.07) is 6.50. The molecule has 5 heteroatoms. The molecule has 2 saturated heterocycles. The van der Waals surface area contributed by atoms with Gasteiger partial charge in [-0.2, -0.15) is 0 Å². The van der Waals surface area contributed by atoms with Gasteiger partial charge in [-0.15, -0.1) is 0 Å². The molecule has 0 spiro atoms. The fraction of sp³-hybridized carbons (Fsp3) is 0.619. The van der Waals surface area contributed by atoms with Crippen LogP contribution in [0.2, 0.25) is 0 Å². The third-order valence-corrected chi connectivity index (χ3v) is 6.13. The Morgan fingerprint density at radius 2 is 1.73 bits per heavy atom. The van der Waals surface area contributed by atoms with E-state index in [1.54, 1.807) is 0 Å². The van der Waals surface area contributed by atoms with E-state index >= 15 is 0 Å². The van der Waals surface area contributed by atoms with Gasteiger partial charge in [-0.25, -0.2) is 0 Å². The van der Waals surface area contributed by atoms with E-state index in [-0.39, 0.29) is 23.8 Å². The average Bonchev–Trinajstić information content (AvgIpc) is 3.21. The molecule has 3 fully saturated rings. The topological polar surface area (TPSA) is 49.9 Å². The Hall–Kier alpha value is -2.04. The van der Waals surface area contributed by atoms with Gasteiger partial charge in [0.2, 0.25) is 11.8 Å². The lowest BCUT2D eigenvalue weighted by atomic mass is 10.0. The van der Waals surface area contributed by atoms with Crippen LogP contribution in [-0.2, 0) is 9.59 Å². The summed E-state index contributed by atoms with van der Waals surface area (Å²) in [6.07, 6.45) is 5.05. The molecule has 1 saturated carbocycles. The largest absolute Gasteiger partial charge is 0.486 e. The van der Waals surface area contributed by atoms with Crippen molar-refractivity contribution in [2.24, 2.45) is 5.92 Å². The Labute approximate surface area is 155 Å². The van der Waals surface area contributed by atoms with Gasteiger partial charge < -0.3 is 14.5 Å². The number of aryl methyl sites for hydroxylation is 2. The zero-order chi connectivity index (χ0) is 18.3. The summed E-state index contributed by atoms with van der Waals surface area (Å²) in [5.41, 5.74) is 2.26. The van der Waals surface area contributed by atoms with E-state index in [1.165, 1.54) is 12.8 Å². The van der Waals surface area contributed by atoms with Crippen molar-refractivity contribution in [3.8, 4) is 5.75 Å². The molecule has 0 bridgehead atoms. The van der Waals surface area contributed by atoms with Gasteiger partial charge in [-0.1, -0.05) is 31.0 Å². The highest BCUT2D eigenvalue weighted by Gasteiger charge is 2.43. The summed E-state index contributed by atoms with van der Waals surface area (Å²) in [5, 5.41) is 0. The lowest BCUT2D eigenvalue weighted by Gasteiger charge is -2.40. The molecule has 0 unspecified atom stereocenters. The summed E-state index contributed by atoms with van der Waals surface area (Å²) >= 11 is 0. The van der Waals surface area contributed by atoms with E-state index in [1.807, 2.05) is 41.8 Å². The maximum absolute atomic E-state index is 12.8. The minimum Gasteiger partial charge on any atom is -0.486 e. The van der Waals surface area contributed by atoms with E-state index in [0.29, 0.717) is 32.1 Å². The standard InChI is InChI=1S/C21H28N2O3/c1-14-6-5-7-15(2)20(14)26-18-12-22(13-18)21(25)16-10-19(24)23(11-16)17-8-3-4-9-17/h5-7,16-18H,3-4,8-13H2,1-2H3/t16-/m1/s1. The van der Waals surface area contributed by atoms with Gasteiger partial charge in [-0.05, 0) is 37.8 Å². The van der Waals surface area contributed by atoms with Crippen molar-refractivity contribution in [1.29, 1.82) is 0 Å². The van der Waals surface area contributed by atoms with Crippen molar-refractivity contribution in [2.45, 2.75) is 58.1 Å². The molecule has 4 rings (SSSR count). The summed E-state index contributed by atoms with van der Waals surface area (Å²) in [7, 11) is 0. The highest BCUT2D eigenvalue weighted by molar-refractivity contribution is 5.89. The fourth-order valence-electron chi connectivity index (χ4n) is 4.57. The van der Waals surface area contributed by atoms with Crippen molar-refractivity contribution in [1.82, 2.24) is 9.80 Å². The first-order chi connectivity index (χ1) is 12.5. The fourth-order valence-corrected chi connectivity index (χ4v) is 4.57. The molecule has 2 heterocycles. The molecular formula is C21H28N2O3. The van der Waals surface area contributed by atoms with Gasteiger partial charge in [0, 0.05) is 19.0 Å². The highest BCUT2D eigenvalue weighted by Crippen LogP contribution is 2.32. The Morgan fingerprint density at radius 3 is 2.38 bits per heavy atom. The van der Waals surface area contributed by atoms with Crippen molar-refractivity contribution < 1.29 is 14.3 Å². The van der Waals surface area contributed by atoms with Gasteiger partial charge in [-0.3, -0.25) is 9.59 Å². The maximum Gasteiger partial charge on any atom is 0.228 e. The van der Waals surface area contributed by atoms with Crippen molar-refractivity contribution in [3.05, 3.63) is 29.3 Å². The smallest absolute Gasteiger partial charge is 0.228 e. The number of hydrogen-bond donors (Lipinski definition) is 0. The number of carbonyl (C=O) groups excluding carboxylic acids is 2. The van der Waals surface area contributed by atoms with Crippen LogP contribution in [0.3, 0.4) is 0 Å². The lowest BCUT2D eigenvalue weighted by molar-refractivity contribution is -0.144. The van der Waals surface area contributed by atoms with Gasteiger partial charge in [0.05, 0.1) is 19.0 Å². The minimum atomic E-state index is -0.163. The van der Waals surface area contributed by atoms with E-state index < -0.39 is 0 Å². The molecule has 0 radical (unpaired) electrons. The third kappa shape index (κ3) is 3.19. The third-order valence-electron chi connectivity index (χ3n) is 6.13. The summed E-state index contributed by atoms with van der Waals surface area (Å²) in [6.45, 7) is 5.96. The molecule has 26 heavy (non-hydrogen) atoms. The van der Waals surface area contributed by atoms with E-state index in [0.717, 1.165) is 29.7 Å². The number of para-hydroxylation sites is 1. The number of amides is 2. The highest BCUT2D eigenvalue weighted by atomic mass is 16.5. The molecule has 2 amide bonds. The summed E-state index contributed by atoms with van der Waals surface area (Å²) in [5.74, 6) is 1.07. The Balaban J connectivity index is 1.30. The van der Waals surface area contributed by atoms with E-state index in [4.69, 9.17) is 4.74 Å². The molecule has 2 aliphatic heterocycles. The second-order valence-electron chi connectivity index (χ2n) is 8.09. The number of rotatable bonds is 4. The zero-order valence-corrected chi connectivity index (χ0v) is 15.7. The number of likely N-dealkylation sites (tertiary alicyclic amines) is 2. The molecule has 1 aromatic carbocycles. The lowest BCUT2D eigenvalue weighted by Crippen LogP contribution is -2.58. The van der Waals surface area contributed by atoms with Crippen LogP contribution in [0.5, 0.6) is 5.75 Å². The Bertz CT molecular complexity index is 685. The molecule has 1 atom stereocenters. The normalized spacial score (nSPS) is 24.2. The molecule has 1 aliphatic carbocycles. The zero-order valence-electron chi connectivity index (χ0n) is 15.7. The first kappa shape index (κ1) is 17.4. The maximum atomic E-state index is 12.8. The van der Waals surface area contributed by atoms with Crippen LogP contribution in [0.1, 0.15) is 43.2 Å². The quantitative estimate of drug-likeness (QED) is 0.833. The summed E-state index contributed by atoms with van der Waals surface area (Å²) < 4.78 is 6.11. The first-order valence-electron chi connectivity index (χ1n) is 9.84. The van der Waals surface area contributed by atoms with Gasteiger partial charge in [0.1, 0.15) is 11.9 Å².